The maximum Gasteiger partial charge on any atom is 0.191 e. The predicted molar refractivity (Wildman–Crippen MR) is 96.8 cm³/mol. The van der Waals surface area contributed by atoms with E-state index in [9.17, 15) is 5.11 Å². The molecule has 1 atom stereocenters. The van der Waals surface area contributed by atoms with Gasteiger partial charge in [-0.25, -0.2) is 4.99 Å². The molecule has 6 heteroatoms. The number of hydrogen-bond donors (Lipinski definition) is 3. The van der Waals surface area contributed by atoms with Gasteiger partial charge >= 0.3 is 0 Å². The molecule has 1 heterocycles. The third kappa shape index (κ3) is 5.70. The molecule has 0 fully saturated rings. The number of benzene rings is 1. The van der Waals surface area contributed by atoms with Crippen LogP contribution in [0.1, 0.15) is 25.8 Å². The molecule has 1 unspecified atom stereocenters. The van der Waals surface area contributed by atoms with Crippen molar-refractivity contribution in [2.24, 2.45) is 4.99 Å². The topological polar surface area (TPSA) is 74.5 Å². The first-order valence-corrected chi connectivity index (χ1v) is 8.39. The van der Waals surface area contributed by atoms with Crippen LogP contribution in [0.2, 0.25) is 0 Å². The summed E-state index contributed by atoms with van der Waals surface area (Å²) in [5.41, 5.74) is -0.123. The number of rotatable bonds is 8. The Morgan fingerprint density at radius 2 is 2.04 bits per heavy atom. The van der Waals surface area contributed by atoms with Gasteiger partial charge in [-0.1, -0.05) is 30.3 Å². The first kappa shape index (κ1) is 18.0. The summed E-state index contributed by atoms with van der Waals surface area (Å²) in [6, 6.07) is 11.5. The Balaban J connectivity index is 1.85. The maximum absolute atomic E-state index is 10.6. The van der Waals surface area contributed by atoms with Gasteiger partial charge in [-0.15, -0.1) is 0 Å². The molecule has 0 aliphatic heterocycles. The molecule has 130 valence electrons. The van der Waals surface area contributed by atoms with Crippen molar-refractivity contribution in [3.05, 3.63) is 54.4 Å². The van der Waals surface area contributed by atoms with Gasteiger partial charge in [0.05, 0.1) is 6.54 Å². The number of nitrogens with one attached hydrogen (secondary N) is 2. The molecule has 0 amide bonds. The van der Waals surface area contributed by atoms with Crippen molar-refractivity contribution < 1.29 is 5.11 Å². The molecule has 2 aromatic rings. The molecule has 0 saturated carbocycles. The van der Waals surface area contributed by atoms with E-state index in [4.69, 9.17) is 0 Å². The fraction of sp³-hybridized carbons (Fsp3) is 0.444. The van der Waals surface area contributed by atoms with E-state index in [0.717, 1.165) is 31.6 Å². The van der Waals surface area contributed by atoms with Crippen LogP contribution in [0.25, 0.3) is 0 Å². The number of aromatic nitrogens is 2. The summed E-state index contributed by atoms with van der Waals surface area (Å²) in [5, 5.41) is 21.3. The van der Waals surface area contributed by atoms with E-state index < -0.39 is 5.60 Å². The first-order chi connectivity index (χ1) is 11.6. The Labute approximate surface area is 143 Å². The van der Waals surface area contributed by atoms with Crippen molar-refractivity contribution >= 4 is 5.96 Å². The van der Waals surface area contributed by atoms with E-state index in [1.54, 1.807) is 13.1 Å². The maximum atomic E-state index is 10.6. The lowest BCUT2D eigenvalue weighted by molar-refractivity contribution is 0.0672. The lowest BCUT2D eigenvalue weighted by atomic mass is 9.96. The third-order valence-electron chi connectivity index (χ3n) is 3.70. The van der Waals surface area contributed by atoms with Crippen LogP contribution in [-0.4, -0.2) is 40.5 Å². The smallest absolute Gasteiger partial charge is 0.191 e. The van der Waals surface area contributed by atoms with Crippen LogP contribution in [0, 0.1) is 0 Å². The highest BCUT2D eigenvalue weighted by molar-refractivity contribution is 5.79. The Kier molecular flexibility index (Phi) is 6.81. The van der Waals surface area contributed by atoms with E-state index in [-0.39, 0.29) is 0 Å². The number of aliphatic imine (C=N–C) groups is 1. The van der Waals surface area contributed by atoms with Gasteiger partial charge in [0, 0.05) is 32.0 Å². The number of aryl methyl sites for hydroxylation is 1. The summed E-state index contributed by atoms with van der Waals surface area (Å²) < 4.78 is 1.91. The summed E-state index contributed by atoms with van der Waals surface area (Å²) in [6.07, 6.45) is 4.68. The molecule has 6 nitrogen and oxygen atoms in total. The van der Waals surface area contributed by atoms with Crippen molar-refractivity contribution in [2.75, 3.05) is 19.6 Å². The van der Waals surface area contributed by atoms with Gasteiger partial charge in [0.25, 0.3) is 0 Å². The van der Waals surface area contributed by atoms with Crippen LogP contribution in [0.15, 0.2) is 53.8 Å². The van der Waals surface area contributed by atoms with Crippen molar-refractivity contribution in [3.8, 4) is 0 Å². The van der Waals surface area contributed by atoms with Gasteiger partial charge in [0.15, 0.2) is 5.96 Å². The van der Waals surface area contributed by atoms with Crippen molar-refractivity contribution in [2.45, 2.75) is 32.4 Å². The van der Waals surface area contributed by atoms with Gasteiger partial charge in [0.1, 0.15) is 5.60 Å². The first-order valence-electron chi connectivity index (χ1n) is 8.39. The highest BCUT2D eigenvalue weighted by atomic mass is 16.3. The second-order valence-electron chi connectivity index (χ2n) is 5.88. The predicted octanol–water partition coefficient (Wildman–Crippen LogP) is 1.74. The van der Waals surface area contributed by atoms with Crippen molar-refractivity contribution in [1.82, 2.24) is 20.4 Å². The normalized spacial score (nSPS) is 14.2. The number of guanidine groups is 1. The summed E-state index contributed by atoms with van der Waals surface area (Å²) in [5.74, 6) is 0.717. The highest BCUT2D eigenvalue weighted by Crippen LogP contribution is 2.20. The Morgan fingerprint density at radius 3 is 2.71 bits per heavy atom. The minimum absolute atomic E-state index is 0.297. The van der Waals surface area contributed by atoms with Crippen LogP contribution < -0.4 is 10.6 Å². The molecule has 3 N–H and O–H groups in total. The summed E-state index contributed by atoms with van der Waals surface area (Å²) in [4.78, 5) is 4.52. The number of hydrogen-bond acceptors (Lipinski definition) is 3. The second-order valence-corrected chi connectivity index (χ2v) is 5.88. The zero-order valence-corrected chi connectivity index (χ0v) is 14.4. The van der Waals surface area contributed by atoms with Crippen LogP contribution >= 0.6 is 0 Å². The van der Waals surface area contributed by atoms with Crippen molar-refractivity contribution in [3.63, 3.8) is 0 Å². The lowest BCUT2D eigenvalue weighted by Crippen LogP contribution is -2.39. The molecular weight excluding hydrogens is 302 g/mol. The quantitative estimate of drug-likeness (QED) is 0.392. The highest BCUT2D eigenvalue weighted by Gasteiger charge is 2.22. The van der Waals surface area contributed by atoms with Gasteiger partial charge < -0.3 is 15.7 Å². The van der Waals surface area contributed by atoms with Gasteiger partial charge in [0.2, 0.25) is 0 Å². The minimum Gasteiger partial charge on any atom is -0.384 e. The van der Waals surface area contributed by atoms with E-state index in [1.807, 2.05) is 54.2 Å². The van der Waals surface area contributed by atoms with E-state index >= 15 is 0 Å². The fourth-order valence-electron chi connectivity index (χ4n) is 2.34. The fourth-order valence-corrected chi connectivity index (χ4v) is 2.34. The van der Waals surface area contributed by atoms with Crippen molar-refractivity contribution in [1.29, 1.82) is 0 Å². The molecule has 0 radical (unpaired) electrons. The molecule has 0 aliphatic carbocycles. The monoisotopic (exact) mass is 329 g/mol. The minimum atomic E-state index is -0.987. The number of nitrogens with zero attached hydrogens (tertiary/aromatic N) is 3. The van der Waals surface area contributed by atoms with E-state index in [2.05, 4.69) is 20.7 Å². The molecule has 0 bridgehead atoms. The van der Waals surface area contributed by atoms with E-state index in [1.165, 1.54) is 0 Å². The Morgan fingerprint density at radius 1 is 1.25 bits per heavy atom. The largest absolute Gasteiger partial charge is 0.384 e. The molecule has 0 spiro atoms. The molecule has 2 rings (SSSR count). The zero-order chi connectivity index (χ0) is 17.3. The van der Waals surface area contributed by atoms with Crippen LogP contribution in [-0.2, 0) is 12.1 Å². The third-order valence-corrected chi connectivity index (χ3v) is 3.70. The standard InChI is InChI=1S/C18H27N5O/c1-3-19-17(20-11-7-13-23-14-8-12-22-23)21-15-18(2,24)16-9-5-4-6-10-16/h4-6,8-10,12,14,24H,3,7,11,13,15H2,1-2H3,(H2,19,20,21). The molecule has 1 aromatic heterocycles. The summed E-state index contributed by atoms with van der Waals surface area (Å²) in [6.45, 7) is 6.54. The zero-order valence-electron chi connectivity index (χ0n) is 14.4. The summed E-state index contributed by atoms with van der Waals surface area (Å²) >= 11 is 0. The van der Waals surface area contributed by atoms with Crippen LogP contribution in [0.5, 0.6) is 0 Å². The second kappa shape index (κ2) is 9.08. The molecule has 1 aromatic carbocycles. The average Bonchev–Trinajstić information content (AvgIpc) is 3.11. The SMILES string of the molecule is CCNC(=NCC(C)(O)c1ccccc1)NCCCn1cccn1. The van der Waals surface area contributed by atoms with E-state index in [0.29, 0.717) is 12.5 Å². The van der Waals surface area contributed by atoms with Crippen LogP contribution in [0.4, 0.5) is 0 Å². The van der Waals surface area contributed by atoms with Gasteiger partial charge in [-0.05, 0) is 31.9 Å². The van der Waals surface area contributed by atoms with Gasteiger partial charge in [-0.2, -0.15) is 5.10 Å². The Bertz CT molecular complexity index is 608. The Hall–Kier alpha value is -2.34. The van der Waals surface area contributed by atoms with Gasteiger partial charge in [-0.3, -0.25) is 4.68 Å². The number of aliphatic hydroxyl groups is 1. The summed E-state index contributed by atoms with van der Waals surface area (Å²) in [7, 11) is 0. The molecule has 0 aliphatic rings. The molecule has 0 saturated heterocycles. The molecular formula is C18H27N5O. The van der Waals surface area contributed by atoms with Crippen LogP contribution in [0.3, 0.4) is 0 Å². The average molecular weight is 329 g/mol. The molecule has 24 heavy (non-hydrogen) atoms. The lowest BCUT2D eigenvalue weighted by Gasteiger charge is -2.22.